The molecule has 0 fully saturated rings. The van der Waals surface area contributed by atoms with Crippen LogP contribution in [0.3, 0.4) is 0 Å². The Labute approximate surface area is 119 Å². The fraction of sp³-hybridized carbons (Fsp3) is 0.143. The molecule has 3 rings (SSSR count). The van der Waals surface area contributed by atoms with Gasteiger partial charge in [-0.05, 0) is 39.7 Å². The summed E-state index contributed by atoms with van der Waals surface area (Å²) < 4.78 is 11.6. The number of rotatable bonds is 1. The van der Waals surface area contributed by atoms with Gasteiger partial charge >= 0.3 is 0 Å². The van der Waals surface area contributed by atoms with Gasteiger partial charge in [0.1, 0.15) is 5.75 Å². The van der Waals surface area contributed by atoms with Gasteiger partial charge in [-0.15, -0.1) is 0 Å². The van der Waals surface area contributed by atoms with Crippen molar-refractivity contribution in [2.24, 2.45) is 0 Å². The summed E-state index contributed by atoms with van der Waals surface area (Å²) in [5, 5.41) is 0.718. The molecule has 2 nitrogen and oxygen atoms in total. The second-order valence-corrected chi connectivity index (χ2v) is 5.27. The predicted octanol–water partition coefficient (Wildman–Crippen LogP) is 4.64. The molecule has 0 amide bonds. The van der Waals surface area contributed by atoms with Gasteiger partial charge in [-0.1, -0.05) is 29.8 Å². The van der Waals surface area contributed by atoms with Crippen LogP contribution in [0.15, 0.2) is 40.9 Å². The van der Waals surface area contributed by atoms with Gasteiger partial charge in [-0.25, -0.2) is 0 Å². The van der Waals surface area contributed by atoms with Crippen molar-refractivity contribution >= 4 is 27.5 Å². The van der Waals surface area contributed by atoms with Crippen LogP contribution >= 0.6 is 27.5 Å². The average molecular weight is 326 g/mol. The molecule has 0 radical (unpaired) electrons. The number of hydrogen-bond donors (Lipinski definition) is 0. The van der Waals surface area contributed by atoms with E-state index in [2.05, 4.69) is 22.0 Å². The van der Waals surface area contributed by atoms with Crippen LogP contribution in [-0.4, -0.2) is 6.79 Å². The van der Waals surface area contributed by atoms with Gasteiger partial charge in [0.15, 0.2) is 6.79 Å². The van der Waals surface area contributed by atoms with E-state index in [9.17, 15) is 0 Å². The Morgan fingerprint density at radius 3 is 2.94 bits per heavy atom. The average Bonchev–Trinajstić information content (AvgIpc) is 2.41. The van der Waals surface area contributed by atoms with Gasteiger partial charge in [0.25, 0.3) is 0 Å². The van der Waals surface area contributed by atoms with Crippen LogP contribution in [0.2, 0.25) is 5.02 Å². The molecule has 1 heterocycles. The maximum Gasteiger partial charge on any atom is 0.189 e. The lowest BCUT2D eigenvalue weighted by molar-refractivity contribution is -0.0163. The topological polar surface area (TPSA) is 18.5 Å². The maximum absolute atomic E-state index is 6.30. The van der Waals surface area contributed by atoms with Crippen LogP contribution in [0.1, 0.15) is 5.56 Å². The first kappa shape index (κ1) is 12.0. The fourth-order valence-corrected chi connectivity index (χ4v) is 2.59. The molecular weight excluding hydrogens is 316 g/mol. The van der Waals surface area contributed by atoms with E-state index < -0.39 is 0 Å². The SMILES string of the molecule is Clc1c(Br)cccc1-c1ccc2c(c1)COCO2. The summed E-state index contributed by atoms with van der Waals surface area (Å²) in [7, 11) is 0. The normalized spacial score (nSPS) is 13.9. The van der Waals surface area contributed by atoms with Crippen LogP contribution in [0, 0.1) is 0 Å². The molecule has 18 heavy (non-hydrogen) atoms. The van der Waals surface area contributed by atoms with Crippen molar-refractivity contribution in [3.63, 3.8) is 0 Å². The molecule has 4 heteroatoms. The predicted molar refractivity (Wildman–Crippen MR) is 74.9 cm³/mol. The Morgan fingerprint density at radius 1 is 1.17 bits per heavy atom. The minimum atomic E-state index is 0.323. The first-order chi connectivity index (χ1) is 8.75. The smallest absolute Gasteiger partial charge is 0.189 e. The van der Waals surface area contributed by atoms with E-state index in [-0.39, 0.29) is 0 Å². The molecule has 2 aromatic carbocycles. The second-order valence-electron chi connectivity index (χ2n) is 4.03. The molecule has 0 N–H and O–H groups in total. The van der Waals surface area contributed by atoms with Gasteiger partial charge in [0.2, 0.25) is 0 Å². The van der Waals surface area contributed by atoms with Crippen molar-refractivity contribution in [1.82, 2.24) is 0 Å². The molecule has 2 aromatic rings. The molecule has 0 aromatic heterocycles. The van der Waals surface area contributed by atoms with Crippen molar-refractivity contribution in [3.05, 3.63) is 51.5 Å². The van der Waals surface area contributed by atoms with Gasteiger partial charge < -0.3 is 9.47 Å². The van der Waals surface area contributed by atoms with Crippen molar-refractivity contribution in [1.29, 1.82) is 0 Å². The lowest BCUT2D eigenvalue weighted by atomic mass is 10.0. The standard InChI is InChI=1S/C14H10BrClO2/c15-12-3-1-2-11(14(12)16)9-4-5-13-10(6-9)7-17-8-18-13/h1-6H,7-8H2. The Morgan fingerprint density at radius 2 is 2.06 bits per heavy atom. The highest BCUT2D eigenvalue weighted by Gasteiger charge is 2.13. The first-order valence-corrected chi connectivity index (χ1v) is 6.70. The summed E-state index contributed by atoms with van der Waals surface area (Å²) in [6, 6.07) is 11.9. The van der Waals surface area contributed by atoms with Crippen molar-refractivity contribution < 1.29 is 9.47 Å². The van der Waals surface area contributed by atoms with Crippen molar-refractivity contribution in [3.8, 4) is 16.9 Å². The van der Waals surface area contributed by atoms with E-state index >= 15 is 0 Å². The number of hydrogen-bond acceptors (Lipinski definition) is 2. The third kappa shape index (κ3) is 2.14. The molecule has 1 aliphatic rings. The minimum Gasteiger partial charge on any atom is -0.467 e. The summed E-state index contributed by atoms with van der Waals surface area (Å²) >= 11 is 9.74. The number of halogens is 2. The van der Waals surface area contributed by atoms with E-state index in [1.54, 1.807) is 0 Å². The minimum absolute atomic E-state index is 0.323. The van der Waals surface area contributed by atoms with Crippen LogP contribution in [0.25, 0.3) is 11.1 Å². The van der Waals surface area contributed by atoms with Gasteiger partial charge in [0.05, 0.1) is 11.6 Å². The van der Waals surface area contributed by atoms with Gasteiger partial charge in [-0.3, -0.25) is 0 Å². The number of ether oxygens (including phenoxy) is 2. The summed E-state index contributed by atoms with van der Waals surface area (Å²) in [6.45, 7) is 0.902. The highest BCUT2D eigenvalue weighted by molar-refractivity contribution is 9.10. The summed E-state index contributed by atoms with van der Waals surface area (Å²) in [4.78, 5) is 0. The monoisotopic (exact) mass is 324 g/mol. The quantitative estimate of drug-likeness (QED) is 0.760. The van der Waals surface area contributed by atoms with Gasteiger partial charge in [-0.2, -0.15) is 0 Å². The summed E-state index contributed by atoms with van der Waals surface area (Å²) in [5.74, 6) is 0.885. The summed E-state index contributed by atoms with van der Waals surface area (Å²) in [6.07, 6.45) is 0. The molecular formula is C14H10BrClO2. The Kier molecular flexibility index (Phi) is 3.29. The van der Waals surface area contributed by atoms with Crippen molar-refractivity contribution in [2.45, 2.75) is 6.61 Å². The molecule has 1 aliphatic heterocycles. The lowest BCUT2D eigenvalue weighted by Gasteiger charge is -2.18. The molecule has 0 atom stereocenters. The molecule has 92 valence electrons. The molecule has 0 saturated heterocycles. The zero-order valence-electron chi connectivity index (χ0n) is 9.45. The highest BCUT2D eigenvalue weighted by Crippen LogP contribution is 2.36. The molecule has 0 saturated carbocycles. The second kappa shape index (κ2) is 4.92. The Bertz CT molecular complexity index is 598. The van der Waals surface area contributed by atoms with Crippen LogP contribution in [-0.2, 0) is 11.3 Å². The van der Waals surface area contributed by atoms with Crippen LogP contribution in [0.4, 0.5) is 0 Å². The van der Waals surface area contributed by atoms with E-state index in [1.807, 2.05) is 30.3 Å². The zero-order chi connectivity index (χ0) is 12.5. The Balaban J connectivity index is 2.09. The maximum atomic E-state index is 6.30. The van der Waals surface area contributed by atoms with E-state index in [4.69, 9.17) is 21.1 Å². The third-order valence-electron chi connectivity index (χ3n) is 2.88. The molecule has 0 unspecified atom stereocenters. The zero-order valence-corrected chi connectivity index (χ0v) is 11.8. The Hall–Kier alpha value is -1.03. The van der Waals surface area contributed by atoms with Crippen LogP contribution < -0.4 is 4.74 Å². The molecule has 0 aliphatic carbocycles. The third-order valence-corrected chi connectivity index (χ3v) is 4.17. The summed E-state index contributed by atoms with van der Waals surface area (Å²) in [5.41, 5.74) is 3.11. The fourth-order valence-electron chi connectivity index (χ4n) is 1.98. The largest absolute Gasteiger partial charge is 0.467 e. The highest BCUT2D eigenvalue weighted by atomic mass is 79.9. The van der Waals surface area contributed by atoms with E-state index in [0.29, 0.717) is 13.4 Å². The van der Waals surface area contributed by atoms with Gasteiger partial charge in [0, 0.05) is 15.6 Å². The number of benzene rings is 2. The van der Waals surface area contributed by atoms with E-state index in [0.717, 1.165) is 31.9 Å². The van der Waals surface area contributed by atoms with Crippen molar-refractivity contribution in [2.75, 3.05) is 6.79 Å². The lowest BCUT2D eigenvalue weighted by Crippen LogP contribution is -2.11. The molecule has 0 spiro atoms. The van der Waals surface area contributed by atoms with E-state index in [1.165, 1.54) is 0 Å². The van der Waals surface area contributed by atoms with Crippen LogP contribution in [0.5, 0.6) is 5.75 Å². The molecule has 0 bridgehead atoms. The first-order valence-electron chi connectivity index (χ1n) is 5.53. The number of fused-ring (bicyclic) bond motifs is 1.